The molecule has 2 heterocycles. The van der Waals surface area contributed by atoms with Gasteiger partial charge in [-0.05, 0) is 25.1 Å². The first-order valence-corrected chi connectivity index (χ1v) is 4.74. The zero-order chi connectivity index (χ0) is 11.5. The van der Waals surface area contributed by atoms with Gasteiger partial charge in [0, 0.05) is 0 Å². The van der Waals surface area contributed by atoms with Crippen LogP contribution in [0.1, 0.15) is 16.1 Å². The molecule has 0 aliphatic heterocycles. The van der Waals surface area contributed by atoms with Crippen molar-refractivity contribution in [2.24, 2.45) is 0 Å². The van der Waals surface area contributed by atoms with E-state index >= 15 is 0 Å². The normalized spacial score (nSPS) is 10.1. The van der Waals surface area contributed by atoms with Crippen molar-refractivity contribution in [2.75, 3.05) is 11.1 Å². The summed E-state index contributed by atoms with van der Waals surface area (Å²) < 4.78 is 5.05. The average Bonchev–Trinajstić information content (AvgIpc) is 2.68. The zero-order valence-corrected chi connectivity index (χ0v) is 8.73. The minimum atomic E-state index is -0.224. The summed E-state index contributed by atoms with van der Waals surface area (Å²) in [6.45, 7) is 1.73. The third-order valence-corrected chi connectivity index (χ3v) is 2.15. The van der Waals surface area contributed by atoms with Crippen LogP contribution in [0.2, 0.25) is 0 Å². The molecular formula is C11H11N3O2. The number of carbonyl (C=O) groups is 1. The minimum absolute atomic E-state index is 0.224. The fourth-order valence-corrected chi connectivity index (χ4v) is 1.30. The molecule has 0 aliphatic carbocycles. The van der Waals surface area contributed by atoms with Crippen LogP contribution in [0.25, 0.3) is 0 Å². The summed E-state index contributed by atoms with van der Waals surface area (Å²) in [5, 5.41) is 2.70. The molecule has 16 heavy (non-hydrogen) atoms. The van der Waals surface area contributed by atoms with Crippen LogP contribution in [-0.2, 0) is 0 Å². The number of pyridine rings is 1. The highest BCUT2D eigenvalue weighted by Gasteiger charge is 2.11. The Morgan fingerprint density at radius 3 is 2.81 bits per heavy atom. The number of carbonyl (C=O) groups excluding carboxylic acids is 1. The van der Waals surface area contributed by atoms with Crippen LogP contribution in [0.3, 0.4) is 0 Å². The number of hydrogen-bond acceptors (Lipinski definition) is 4. The monoisotopic (exact) mass is 217 g/mol. The number of hydrogen-bond donors (Lipinski definition) is 2. The highest BCUT2D eigenvalue weighted by molar-refractivity contribution is 6.04. The van der Waals surface area contributed by atoms with E-state index in [0.29, 0.717) is 22.8 Å². The fraction of sp³-hybridized carbons (Fsp3) is 0.0909. The number of nitrogens with zero attached hydrogens (tertiary/aromatic N) is 1. The molecule has 5 heteroatoms. The molecule has 0 fully saturated rings. The Balaban J connectivity index is 2.14. The van der Waals surface area contributed by atoms with Crippen LogP contribution in [0.5, 0.6) is 0 Å². The minimum Gasteiger partial charge on any atom is -0.469 e. The van der Waals surface area contributed by atoms with Crippen LogP contribution in [0.15, 0.2) is 35.1 Å². The maximum Gasteiger partial charge on any atom is 0.259 e. The molecule has 2 rings (SSSR count). The van der Waals surface area contributed by atoms with E-state index in [9.17, 15) is 4.79 Å². The molecular weight excluding hydrogens is 206 g/mol. The van der Waals surface area contributed by atoms with Crippen molar-refractivity contribution < 1.29 is 9.21 Å². The summed E-state index contributed by atoms with van der Waals surface area (Å²) >= 11 is 0. The molecule has 0 saturated heterocycles. The summed E-state index contributed by atoms with van der Waals surface area (Å²) in [4.78, 5) is 15.6. The Bertz CT molecular complexity index is 502. The van der Waals surface area contributed by atoms with E-state index in [-0.39, 0.29) is 5.91 Å². The molecule has 2 aromatic heterocycles. The molecule has 0 spiro atoms. The summed E-state index contributed by atoms with van der Waals surface area (Å²) in [6, 6.07) is 4.93. The number of nitrogens with one attached hydrogen (secondary N) is 1. The molecule has 0 bridgehead atoms. The van der Waals surface area contributed by atoms with Gasteiger partial charge in [-0.15, -0.1) is 0 Å². The van der Waals surface area contributed by atoms with Gasteiger partial charge in [0.25, 0.3) is 5.91 Å². The zero-order valence-electron chi connectivity index (χ0n) is 8.73. The van der Waals surface area contributed by atoms with E-state index in [2.05, 4.69) is 10.3 Å². The van der Waals surface area contributed by atoms with Crippen LogP contribution in [0, 0.1) is 6.92 Å². The molecule has 1 amide bonds. The van der Waals surface area contributed by atoms with E-state index < -0.39 is 0 Å². The smallest absolute Gasteiger partial charge is 0.259 e. The maximum atomic E-state index is 11.8. The number of nitrogen functional groups attached to an aromatic ring is 1. The van der Waals surface area contributed by atoms with Crippen molar-refractivity contribution in [1.29, 1.82) is 0 Å². The average molecular weight is 217 g/mol. The van der Waals surface area contributed by atoms with E-state index in [1.54, 1.807) is 25.1 Å². The first-order valence-electron chi connectivity index (χ1n) is 4.74. The third kappa shape index (κ3) is 2.03. The number of nitrogens with two attached hydrogens (primary N) is 1. The van der Waals surface area contributed by atoms with Crippen LogP contribution in [-0.4, -0.2) is 10.9 Å². The number of amides is 1. The largest absolute Gasteiger partial charge is 0.469 e. The summed E-state index contributed by atoms with van der Waals surface area (Å²) in [5.41, 5.74) is 6.55. The van der Waals surface area contributed by atoms with Gasteiger partial charge in [-0.1, -0.05) is 0 Å². The van der Waals surface area contributed by atoms with Gasteiger partial charge in [0.05, 0.1) is 23.7 Å². The van der Waals surface area contributed by atoms with Crippen molar-refractivity contribution in [3.8, 4) is 0 Å². The van der Waals surface area contributed by atoms with Gasteiger partial charge >= 0.3 is 0 Å². The second kappa shape index (κ2) is 4.06. The van der Waals surface area contributed by atoms with Gasteiger partial charge in [0.15, 0.2) is 0 Å². The van der Waals surface area contributed by atoms with Crippen LogP contribution < -0.4 is 11.1 Å². The summed E-state index contributed by atoms with van der Waals surface area (Å²) in [7, 11) is 0. The molecule has 0 aliphatic rings. The number of aryl methyl sites for hydroxylation is 1. The predicted molar refractivity (Wildman–Crippen MR) is 60.0 cm³/mol. The lowest BCUT2D eigenvalue weighted by Gasteiger charge is -2.03. The van der Waals surface area contributed by atoms with Crippen LogP contribution >= 0.6 is 0 Å². The summed E-state index contributed by atoms with van der Waals surface area (Å²) in [6.07, 6.45) is 2.98. The molecule has 82 valence electrons. The van der Waals surface area contributed by atoms with E-state index in [4.69, 9.17) is 10.2 Å². The molecule has 0 aromatic carbocycles. The van der Waals surface area contributed by atoms with Crippen LogP contribution in [0.4, 0.5) is 11.5 Å². The molecule has 2 aromatic rings. The van der Waals surface area contributed by atoms with Gasteiger partial charge < -0.3 is 15.5 Å². The Morgan fingerprint density at radius 1 is 1.44 bits per heavy atom. The molecule has 0 saturated carbocycles. The SMILES string of the molecule is Cc1occc1C(=O)Nc1ccc(N)nc1. The Labute approximate surface area is 92.3 Å². The maximum absolute atomic E-state index is 11.8. The molecule has 0 unspecified atom stereocenters. The van der Waals surface area contributed by atoms with Gasteiger partial charge in [-0.25, -0.2) is 4.98 Å². The van der Waals surface area contributed by atoms with Gasteiger partial charge in [0.1, 0.15) is 11.6 Å². The fourth-order valence-electron chi connectivity index (χ4n) is 1.30. The topological polar surface area (TPSA) is 81.2 Å². The lowest BCUT2D eigenvalue weighted by molar-refractivity contribution is 0.102. The second-order valence-corrected chi connectivity index (χ2v) is 3.32. The highest BCUT2D eigenvalue weighted by atomic mass is 16.3. The van der Waals surface area contributed by atoms with E-state index in [0.717, 1.165) is 0 Å². The first-order chi connectivity index (χ1) is 7.66. The molecule has 0 atom stereocenters. The van der Waals surface area contributed by atoms with E-state index in [1.807, 2.05) is 0 Å². The van der Waals surface area contributed by atoms with Gasteiger partial charge in [0.2, 0.25) is 0 Å². The molecule has 5 nitrogen and oxygen atoms in total. The standard InChI is InChI=1S/C11H11N3O2/c1-7-9(4-5-16-7)11(15)14-8-2-3-10(12)13-6-8/h2-6H,1H3,(H2,12,13)(H,14,15). The number of rotatable bonds is 2. The highest BCUT2D eigenvalue weighted by Crippen LogP contribution is 2.13. The van der Waals surface area contributed by atoms with E-state index in [1.165, 1.54) is 12.5 Å². The summed E-state index contributed by atoms with van der Waals surface area (Å²) in [5.74, 6) is 0.774. The predicted octanol–water partition coefficient (Wildman–Crippen LogP) is 1.82. The Hall–Kier alpha value is -2.30. The van der Waals surface area contributed by atoms with Gasteiger partial charge in [-0.3, -0.25) is 4.79 Å². The quantitative estimate of drug-likeness (QED) is 0.803. The first kappa shape index (κ1) is 10.2. The number of anilines is 2. The molecule has 0 radical (unpaired) electrons. The lowest BCUT2D eigenvalue weighted by Crippen LogP contribution is -2.12. The number of aromatic nitrogens is 1. The second-order valence-electron chi connectivity index (χ2n) is 3.32. The van der Waals surface area contributed by atoms with Crippen molar-refractivity contribution >= 4 is 17.4 Å². The number of furan rings is 1. The van der Waals surface area contributed by atoms with Gasteiger partial charge in [-0.2, -0.15) is 0 Å². The van der Waals surface area contributed by atoms with Crippen molar-refractivity contribution in [1.82, 2.24) is 4.98 Å². The lowest BCUT2D eigenvalue weighted by atomic mass is 10.2. The van der Waals surface area contributed by atoms with Crippen molar-refractivity contribution in [3.05, 3.63) is 42.0 Å². The van der Waals surface area contributed by atoms with Crippen molar-refractivity contribution in [2.45, 2.75) is 6.92 Å². The molecule has 3 N–H and O–H groups in total. The Kier molecular flexibility index (Phi) is 2.59. The Morgan fingerprint density at radius 2 is 2.25 bits per heavy atom. The van der Waals surface area contributed by atoms with Crippen molar-refractivity contribution in [3.63, 3.8) is 0 Å². The third-order valence-electron chi connectivity index (χ3n) is 2.15.